The zero-order chi connectivity index (χ0) is 13.0. The van der Waals surface area contributed by atoms with Crippen LogP contribution in [-0.2, 0) is 13.1 Å². The lowest BCUT2D eigenvalue weighted by Crippen LogP contribution is -2.36. The SMILES string of the molecule is Cc1ccc(CN(C)C(=O)NCc2ccoc2)s1. The number of carbonyl (C=O) groups is 1. The summed E-state index contributed by atoms with van der Waals surface area (Å²) in [5.74, 6) is 0. The molecular formula is C13H16N2O2S. The minimum Gasteiger partial charge on any atom is -0.472 e. The molecule has 0 aromatic carbocycles. The molecule has 0 unspecified atom stereocenters. The van der Waals surface area contributed by atoms with Crippen molar-refractivity contribution >= 4 is 17.4 Å². The number of rotatable bonds is 4. The fourth-order valence-corrected chi connectivity index (χ4v) is 2.53. The molecule has 2 heterocycles. The number of thiophene rings is 1. The van der Waals surface area contributed by atoms with Crippen LogP contribution < -0.4 is 5.32 Å². The van der Waals surface area contributed by atoms with Crippen LogP contribution in [0.15, 0.2) is 35.1 Å². The van der Waals surface area contributed by atoms with Gasteiger partial charge in [-0.05, 0) is 25.1 Å². The molecule has 2 aromatic heterocycles. The Morgan fingerprint density at radius 2 is 2.28 bits per heavy atom. The van der Waals surface area contributed by atoms with E-state index < -0.39 is 0 Å². The van der Waals surface area contributed by atoms with Crippen molar-refractivity contribution in [2.75, 3.05) is 7.05 Å². The average molecular weight is 264 g/mol. The molecule has 2 aromatic rings. The van der Waals surface area contributed by atoms with Gasteiger partial charge in [-0.15, -0.1) is 11.3 Å². The summed E-state index contributed by atoms with van der Waals surface area (Å²) in [6.07, 6.45) is 3.22. The normalized spacial score (nSPS) is 10.3. The van der Waals surface area contributed by atoms with E-state index in [0.29, 0.717) is 13.1 Å². The first-order valence-electron chi connectivity index (χ1n) is 5.70. The van der Waals surface area contributed by atoms with Gasteiger partial charge in [-0.3, -0.25) is 0 Å². The molecule has 18 heavy (non-hydrogen) atoms. The quantitative estimate of drug-likeness (QED) is 0.922. The summed E-state index contributed by atoms with van der Waals surface area (Å²) >= 11 is 1.71. The van der Waals surface area contributed by atoms with Crippen LogP contribution in [0, 0.1) is 6.92 Å². The second-order valence-corrected chi connectivity index (χ2v) is 5.53. The van der Waals surface area contributed by atoms with Gasteiger partial charge in [0.15, 0.2) is 0 Å². The number of hydrogen-bond donors (Lipinski definition) is 1. The lowest BCUT2D eigenvalue weighted by Gasteiger charge is -2.16. The van der Waals surface area contributed by atoms with Crippen LogP contribution in [0.1, 0.15) is 15.3 Å². The summed E-state index contributed by atoms with van der Waals surface area (Å²) in [6, 6.07) is 5.88. The van der Waals surface area contributed by atoms with E-state index in [0.717, 1.165) is 5.56 Å². The van der Waals surface area contributed by atoms with Crippen molar-refractivity contribution in [2.45, 2.75) is 20.0 Å². The lowest BCUT2D eigenvalue weighted by atomic mass is 10.3. The maximum atomic E-state index is 11.8. The van der Waals surface area contributed by atoms with Gasteiger partial charge in [0, 0.05) is 28.9 Å². The smallest absolute Gasteiger partial charge is 0.317 e. The Bertz CT molecular complexity index is 505. The fourth-order valence-electron chi connectivity index (χ4n) is 1.58. The van der Waals surface area contributed by atoms with E-state index in [2.05, 4.69) is 24.4 Å². The number of urea groups is 1. The lowest BCUT2D eigenvalue weighted by molar-refractivity contribution is 0.207. The van der Waals surface area contributed by atoms with Gasteiger partial charge in [-0.2, -0.15) is 0 Å². The van der Waals surface area contributed by atoms with Gasteiger partial charge in [0.25, 0.3) is 0 Å². The Kier molecular flexibility index (Phi) is 4.04. The Labute approximate surface area is 110 Å². The van der Waals surface area contributed by atoms with Crippen molar-refractivity contribution in [1.29, 1.82) is 0 Å². The molecule has 0 spiro atoms. The molecular weight excluding hydrogens is 248 g/mol. The van der Waals surface area contributed by atoms with Gasteiger partial charge in [0.05, 0.1) is 19.1 Å². The molecule has 2 amide bonds. The number of amides is 2. The van der Waals surface area contributed by atoms with Crippen LogP contribution in [0.5, 0.6) is 0 Å². The summed E-state index contributed by atoms with van der Waals surface area (Å²) < 4.78 is 4.94. The molecule has 0 aliphatic heterocycles. The number of aryl methyl sites for hydroxylation is 1. The molecule has 0 fully saturated rings. The first-order chi connectivity index (χ1) is 8.65. The van der Waals surface area contributed by atoms with E-state index in [1.54, 1.807) is 35.8 Å². The van der Waals surface area contributed by atoms with Gasteiger partial charge in [0.2, 0.25) is 0 Å². The monoisotopic (exact) mass is 264 g/mol. The molecule has 0 aliphatic rings. The highest BCUT2D eigenvalue weighted by atomic mass is 32.1. The topological polar surface area (TPSA) is 45.5 Å². The average Bonchev–Trinajstić information content (AvgIpc) is 2.97. The predicted molar refractivity (Wildman–Crippen MR) is 71.5 cm³/mol. The van der Waals surface area contributed by atoms with Crippen molar-refractivity contribution in [3.63, 3.8) is 0 Å². The van der Waals surface area contributed by atoms with Gasteiger partial charge in [-0.25, -0.2) is 4.79 Å². The number of nitrogens with zero attached hydrogens (tertiary/aromatic N) is 1. The molecule has 96 valence electrons. The second-order valence-electron chi connectivity index (χ2n) is 4.16. The van der Waals surface area contributed by atoms with Crippen molar-refractivity contribution in [2.24, 2.45) is 0 Å². The Morgan fingerprint density at radius 3 is 2.89 bits per heavy atom. The molecule has 0 atom stereocenters. The molecule has 0 saturated heterocycles. The van der Waals surface area contributed by atoms with E-state index >= 15 is 0 Å². The van der Waals surface area contributed by atoms with Gasteiger partial charge < -0.3 is 14.6 Å². The van der Waals surface area contributed by atoms with Crippen LogP contribution in [0.25, 0.3) is 0 Å². The van der Waals surface area contributed by atoms with E-state index in [1.165, 1.54) is 9.75 Å². The molecule has 0 radical (unpaired) electrons. The van der Waals surface area contributed by atoms with Crippen molar-refractivity contribution < 1.29 is 9.21 Å². The summed E-state index contributed by atoms with van der Waals surface area (Å²) in [5, 5.41) is 2.84. The highest BCUT2D eigenvalue weighted by Crippen LogP contribution is 2.16. The third kappa shape index (κ3) is 3.37. The predicted octanol–water partition coefficient (Wildman–Crippen LogP) is 2.99. The summed E-state index contributed by atoms with van der Waals surface area (Å²) in [6.45, 7) is 3.19. The van der Waals surface area contributed by atoms with Crippen LogP contribution >= 0.6 is 11.3 Å². The Morgan fingerprint density at radius 1 is 1.44 bits per heavy atom. The Hall–Kier alpha value is -1.75. The zero-order valence-corrected chi connectivity index (χ0v) is 11.3. The van der Waals surface area contributed by atoms with Gasteiger partial charge in [-0.1, -0.05) is 0 Å². The fraction of sp³-hybridized carbons (Fsp3) is 0.308. The van der Waals surface area contributed by atoms with Crippen molar-refractivity contribution in [3.8, 4) is 0 Å². The van der Waals surface area contributed by atoms with E-state index in [9.17, 15) is 4.79 Å². The minimum atomic E-state index is -0.0812. The third-order valence-electron chi connectivity index (χ3n) is 2.56. The van der Waals surface area contributed by atoms with E-state index in [4.69, 9.17) is 4.42 Å². The summed E-state index contributed by atoms with van der Waals surface area (Å²) in [5.41, 5.74) is 0.962. The highest BCUT2D eigenvalue weighted by molar-refractivity contribution is 7.11. The number of furan rings is 1. The minimum absolute atomic E-state index is 0.0812. The van der Waals surface area contributed by atoms with E-state index in [1.807, 2.05) is 6.07 Å². The molecule has 0 bridgehead atoms. The number of hydrogen-bond acceptors (Lipinski definition) is 3. The first-order valence-corrected chi connectivity index (χ1v) is 6.52. The number of nitrogens with one attached hydrogen (secondary N) is 1. The van der Waals surface area contributed by atoms with Gasteiger partial charge in [0.1, 0.15) is 0 Å². The molecule has 2 rings (SSSR count). The Balaban J connectivity index is 1.81. The van der Waals surface area contributed by atoms with Crippen LogP contribution in [-0.4, -0.2) is 18.0 Å². The van der Waals surface area contributed by atoms with Crippen LogP contribution in [0.2, 0.25) is 0 Å². The van der Waals surface area contributed by atoms with Gasteiger partial charge >= 0.3 is 6.03 Å². The van der Waals surface area contributed by atoms with Crippen LogP contribution in [0.3, 0.4) is 0 Å². The van der Waals surface area contributed by atoms with E-state index in [-0.39, 0.29) is 6.03 Å². The largest absolute Gasteiger partial charge is 0.472 e. The third-order valence-corrected chi connectivity index (χ3v) is 3.54. The first kappa shape index (κ1) is 12.7. The zero-order valence-electron chi connectivity index (χ0n) is 10.5. The molecule has 4 nitrogen and oxygen atoms in total. The van der Waals surface area contributed by atoms with Crippen molar-refractivity contribution in [1.82, 2.24) is 10.2 Å². The summed E-state index contributed by atoms with van der Waals surface area (Å²) in [4.78, 5) is 16.0. The molecule has 0 aliphatic carbocycles. The van der Waals surface area contributed by atoms with Crippen LogP contribution in [0.4, 0.5) is 4.79 Å². The summed E-state index contributed by atoms with van der Waals surface area (Å²) in [7, 11) is 1.79. The highest BCUT2D eigenvalue weighted by Gasteiger charge is 2.09. The second kappa shape index (κ2) is 5.73. The maximum absolute atomic E-state index is 11.8. The maximum Gasteiger partial charge on any atom is 0.317 e. The molecule has 5 heteroatoms. The molecule has 0 saturated carbocycles. The van der Waals surface area contributed by atoms with Crippen molar-refractivity contribution in [3.05, 3.63) is 46.0 Å². The standard InChI is InChI=1S/C13H16N2O2S/c1-10-3-4-12(18-10)8-15(2)13(16)14-7-11-5-6-17-9-11/h3-6,9H,7-8H2,1-2H3,(H,14,16). The number of carbonyl (C=O) groups excluding carboxylic acids is 1. The molecule has 1 N–H and O–H groups in total.